The summed E-state index contributed by atoms with van der Waals surface area (Å²) in [7, 11) is 1.62. The largest absolute Gasteiger partial charge is 0.492 e. The van der Waals surface area contributed by atoms with Crippen molar-refractivity contribution in [1.29, 1.82) is 0 Å². The maximum absolute atomic E-state index is 11.3. The molecule has 1 aromatic carbocycles. The van der Waals surface area contributed by atoms with Crippen LogP contribution in [0.1, 0.15) is 16.1 Å². The molecule has 0 fully saturated rings. The molecule has 18 heavy (non-hydrogen) atoms. The molecule has 0 bridgehead atoms. The van der Waals surface area contributed by atoms with Gasteiger partial charge in [-0.2, -0.15) is 5.10 Å². The van der Waals surface area contributed by atoms with Gasteiger partial charge in [-0.3, -0.25) is 4.68 Å². The van der Waals surface area contributed by atoms with Crippen LogP contribution in [0.4, 0.5) is 0 Å². The summed E-state index contributed by atoms with van der Waals surface area (Å²) in [6.45, 7) is 0.648. The molecule has 92 valence electrons. The topological polar surface area (TPSA) is 64.4 Å². The molecule has 0 saturated carbocycles. The van der Waals surface area contributed by atoms with E-state index in [1.54, 1.807) is 13.2 Å². The van der Waals surface area contributed by atoms with Crippen molar-refractivity contribution in [3.63, 3.8) is 0 Å². The van der Waals surface area contributed by atoms with Crippen molar-refractivity contribution in [3.8, 4) is 16.9 Å². The van der Waals surface area contributed by atoms with Crippen LogP contribution in [0.5, 0.6) is 5.75 Å². The van der Waals surface area contributed by atoms with E-state index in [4.69, 9.17) is 4.74 Å². The lowest BCUT2D eigenvalue weighted by Crippen LogP contribution is -2.07. The average molecular weight is 244 g/mol. The molecule has 3 rings (SSSR count). The van der Waals surface area contributed by atoms with E-state index in [1.807, 2.05) is 18.2 Å². The summed E-state index contributed by atoms with van der Waals surface area (Å²) < 4.78 is 6.97. The number of aromatic carboxylic acids is 1. The van der Waals surface area contributed by atoms with Crippen molar-refractivity contribution in [2.24, 2.45) is 7.05 Å². The number of carbonyl (C=O) groups is 1. The first-order valence-corrected chi connectivity index (χ1v) is 5.69. The molecular formula is C13H12N2O3. The van der Waals surface area contributed by atoms with Crippen LogP contribution in [0, 0.1) is 0 Å². The first-order valence-electron chi connectivity index (χ1n) is 5.69. The summed E-state index contributed by atoms with van der Waals surface area (Å²) >= 11 is 0. The normalized spacial score (nSPS) is 13.2. The average Bonchev–Trinajstić information content (AvgIpc) is 2.94. The van der Waals surface area contributed by atoms with Crippen LogP contribution in [0.2, 0.25) is 0 Å². The van der Waals surface area contributed by atoms with Gasteiger partial charge in [-0.15, -0.1) is 0 Å². The lowest BCUT2D eigenvalue weighted by Gasteiger charge is -2.07. The Balaban J connectivity index is 2.22. The Hall–Kier alpha value is -2.30. The number of carboxylic acid groups (broad SMARTS) is 1. The molecule has 0 spiro atoms. The SMILES string of the molecule is Cn1ncc(-c2cccc3c2OCC3)c1C(=O)O. The highest BCUT2D eigenvalue weighted by Gasteiger charge is 2.23. The third kappa shape index (κ3) is 1.48. The van der Waals surface area contributed by atoms with Crippen LogP contribution < -0.4 is 4.74 Å². The fraction of sp³-hybridized carbons (Fsp3) is 0.231. The second-order valence-corrected chi connectivity index (χ2v) is 4.23. The van der Waals surface area contributed by atoms with Crippen LogP contribution in [0.25, 0.3) is 11.1 Å². The lowest BCUT2D eigenvalue weighted by atomic mass is 10.0. The number of aryl methyl sites for hydroxylation is 1. The molecule has 0 amide bonds. The van der Waals surface area contributed by atoms with Crippen LogP contribution in [0.15, 0.2) is 24.4 Å². The molecule has 0 radical (unpaired) electrons. The van der Waals surface area contributed by atoms with Gasteiger partial charge in [-0.25, -0.2) is 4.79 Å². The first-order chi connectivity index (χ1) is 8.68. The predicted octanol–water partition coefficient (Wildman–Crippen LogP) is 1.72. The number of nitrogens with zero attached hydrogens (tertiary/aromatic N) is 2. The number of aromatic nitrogens is 2. The van der Waals surface area contributed by atoms with Gasteiger partial charge >= 0.3 is 5.97 Å². The Labute approximate surface area is 104 Å². The highest BCUT2D eigenvalue weighted by atomic mass is 16.5. The summed E-state index contributed by atoms with van der Waals surface area (Å²) in [4.78, 5) is 11.3. The quantitative estimate of drug-likeness (QED) is 0.873. The minimum atomic E-state index is -0.986. The lowest BCUT2D eigenvalue weighted by molar-refractivity contribution is 0.0686. The molecule has 2 heterocycles. The van der Waals surface area contributed by atoms with Gasteiger partial charge in [-0.05, 0) is 5.56 Å². The van der Waals surface area contributed by atoms with E-state index >= 15 is 0 Å². The highest BCUT2D eigenvalue weighted by molar-refractivity contribution is 5.95. The molecule has 0 aliphatic carbocycles. The van der Waals surface area contributed by atoms with Crippen LogP contribution in [-0.2, 0) is 13.5 Å². The summed E-state index contributed by atoms with van der Waals surface area (Å²) in [5.74, 6) is -0.200. The molecular weight excluding hydrogens is 232 g/mol. The zero-order valence-corrected chi connectivity index (χ0v) is 9.88. The van der Waals surface area contributed by atoms with Crippen molar-refractivity contribution in [2.45, 2.75) is 6.42 Å². The third-order valence-electron chi connectivity index (χ3n) is 3.15. The van der Waals surface area contributed by atoms with Gasteiger partial charge in [0.15, 0.2) is 5.69 Å². The Morgan fingerprint density at radius 2 is 2.28 bits per heavy atom. The van der Waals surface area contributed by atoms with Gasteiger partial charge in [0.2, 0.25) is 0 Å². The summed E-state index contributed by atoms with van der Waals surface area (Å²) in [5.41, 5.74) is 2.70. The van der Waals surface area contributed by atoms with Crippen molar-refractivity contribution < 1.29 is 14.6 Å². The van der Waals surface area contributed by atoms with E-state index in [2.05, 4.69) is 5.10 Å². The zero-order chi connectivity index (χ0) is 12.7. The molecule has 1 aromatic heterocycles. The van der Waals surface area contributed by atoms with Crippen LogP contribution in [0.3, 0.4) is 0 Å². The first kappa shape index (κ1) is 10.8. The van der Waals surface area contributed by atoms with Gasteiger partial charge in [0.05, 0.1) is 12.8 Å². The molecule has 5 nitrogen and oxygen atoms in total. The second-order valence-electron chi connectivity index (χ2n) is 4.23. The number of carboxylic acids is 1. The van der Waals surface area contributed by atoms with Crippen LogP contribution in [-0.4, -0.2) is 27.5 Å². The standard InChI is InChI=1S/C13H12N2O3/c1-15-11(13(16)17)10(7-14-15)9-4-2-3-8-5-6-18-12(8)9/h2-4,7H,5-6H2,1H3,(H,16,17). The van der Waals surface area contributed by atoms with Crippen molar-refractivity contribution >= 4 is 5.97 Å². The monoisotopic (exact) mass is 244 g/mol. The van der Waals surface area contributed by atoms with Crippen molar-refractivity contribution in [1.82, 2.24) is 9.78 Å². The zero-order valence-electron chi connectivity index (χ0n) is 9.88. The van der Waals surface area contributed by atoms with E-state index in [0.717, 1.165) is 23.3 Å². The van der Waals surface area contributed by atoms with E-state index < -0.39 is 5.97 Å². The van der Waals surface area contributed by atoms with Gasteiger partial charge in [-0.1, -0.05) is 18.2 Å². The molecule has 5 heteroatoms. The highest BCUT2D eigenvalue weighted by Crippen LogP contribution is 2.37. The molecule has 0 atom stereocenters. The van der Waals surface area contributed by atoms with E-state index in [1.165, 1.54) is 4.68 Å². The number of rotatable bonds is 2. The molecule has 1 N–H and O–H groups in total. The fourth-order valence-electron chi connectivity index (χ4n) is 2.32. The van der Waals surface area contributed by atoms with Gasteiger partial charge in [0.25, 0.3) is 0 Å². The third-order valence-corrected chi connectivity index (χ3v) is 3.15. The fourth-order valence-corrected chi connectivity index (χ4v) is 2.32. The summed E-state index contributed by atoms with van der Waals surface area (Å²) in [6.07, 6.45) is 2.44. The minimum absolute atomic E-state index is 0.180. The Kier molecular flexibility index (Phi) is 2.33. The number of fused-ring (bicyclic) bond motifs is 1. The maximum Gasteiger partial charge on any atom is 0.354 e. The summed E-state index contributed by atoms with van der Waals surface area (Å²) in [6, 6.07) is 5.79. The number of para-hydroxylation sites is 1. The van der Waals surface area contributed by atoms with Gasteiger partial charge < -0.3 is 9.84 Å². The van der Waals surface area contributed by atoms with Gasteiger partial charge in [0, 0.05) is 24.6 Å². The molecule has 0 saturated heterocycles. The minimum Gasteiger partial charge on any atom is -0.492 e. The van der Waals surface area contributed by atoms with Gasteiger partial charge in [0.1, 0.15) is 5.75 Å². The molecule has 1 aliphatic rings. The summed E-state index contributed by atoms with van der Waals surface area (Å²) in [5, 5.41) is 13.3. The second kappa shape index (κ2) is 3.87. The number of hydrogen-bond donors (Lipinski definition) is 1. The van der Waals surface area contributed by atoms with E-state index in [0.29, 0.717) is 12.2 Å². The van der Waals surface area contributed by atoms with E-state index in [-0.39, 0.29) is 5.69 Å². The maximum atomic E-state index is 11.3. The number of hydrogen-bond acceptors (Lipinski definition) is 3. The van der Waals surface area contributed by atoms with E-state index in [9.17, 15) is 9.90 Å². The molecule has 0 unspecified atom stereocenters. The Morgan fingerprint density at radius 1 is 1.44 bits per heavy atom. The van der Waals surface area contributed by atoms with Crippen LogP contribution >= 0.6 is 0 Å². The van der Waals surface area contributed by atoms with Crippen molar-refractivity contribution in [3.05, 3.63) is 35.7 Å². The number of benzene rings is 1. The molecule has 1 aliphatic heterocycles. The smallest absolute Gasteiger partial charge is 0.354 e. The molecule has 2 aromatic rings. The predicted molar refractivity (Wildman–Crippen MR) is 64.8 cm³/mol. The Bertz CT molecular complexity index is 631. The number of ether oxygens (including phenoxy) is 1. The Morgan fingerprint density at radius 3 is 3.06 bits per heavy atom. The van der Waals surface area contributed by atoms with Crippen molar-refractivity contribution in [2.75, 3.05) is 6.61 Å².